The van der Waals surface area contributed by atoms with Crippen LogP contribution in [-0.2, 0) is 11.1 Å². The van der Waals surface area contributed by atoms with Crippen molar-refractivity contribution in [2.75, 3.05) is 0 Å². The Balaban J connectivity index is 0.000000209. The number of carbonyl (C=O) groups excluding carboxylic acids is 6. The number of nitrogens with zero attached hydrogens (tertiary/aromatic N) is 8. The molecule has 0 radical (unpaired) electrons. The van der Waals surface area contributed by atoms with Crippen LogP contribution in [0.5, 0.6) is 0 Å². The van der Waals surface area contributed by atoms with Crippen molar-refractivity contribution in [2.24, 2.45) is 0 Å². The van der Waals surface area contributed by atoms with Crippen molar-refractivity contribution in [2.45, 2.75) is 52.6 Å². The molecule has 0 unspecified atom stereocenters. The Morgan fingerprint density at radius 3 is 0.478 bits per heavy atom. The van der Waals surface area contributed by atoms with E-state index in [0.29, 0.717) is 66.8 Å². The van der Waals surface area contributed by atoms with Gasteiger partial charge in [-0.2, -0.15) is 0 Å². The van der Waals surface area contributed by atoms with Gasteiger partial charge in [0.05, 0.1) is 34.9 Å². The summed E-state index contributed by atoms with van der Waals surface area (Å²) in [4.78, 5) is 79.0. The van der Waals surface area contributed by atoms with Crippen molar-refractivity contribution in [1.82, 2.24) is 40.0 Å². The van der Waals surface area contributed by atoms with E-state index in [0.717, 1.165) is 59.2 Å². The first kappa shape index (κ1) is 107. The van der Waals surface area contributed by atoms with E-state index in [-0.39, 0.29) is 179 Å². The molecule has 0 aliphatic carbocycles. The second-order valence-electron chi connectivity index (χ2n) is 30.5. The predicted octanol–water partition coefficient (Wildman–Crippen LogP) is 17.8. The molecule has 0 spiro atoms. The number of pyridine rings is 2. The van der Waals surface area contributed by atoms with Crippen LogP contribution in [0.2, 0.25) is 0 Å². The Bertz CT molecular complexity index is 5570. The number of aromatic nitrogens is 8. The molecule has 0 saturated heterocycles. The second-order valence-corrected chi connectivity index (χ2v) is 30.5. The van der Waals surface area contributed by atoms with Gasteiger partial charge in [-0.15, -0.1) is 10.2 Å². The molecule has 4 aromatic heterocycles. The van der Waals surface area contributed by atoms with Gasteiger partial charge in [0.2, 0.25) is 0 Å². The number of rotatable bonds is 20. The van der Waals surface area contributed by atoms with Crippen LogP contribution in [0.3, 0.4) is 0 Å². The summed E-state index contributed by atoms with van der Waals surface area (Å²) in [5, 5.41) is 86.9. The SMILES string of the molecule is CC(C)(C)n1cc(-c2ccccn2)nn1.CC(C)(C)n1cc(-c2ccccn2)nn1.O=C(/C=C(\[O-])c1ccccc1)c1ccccc1.O=C(/C=C(\[O-])c1ccccc1)c1ccccc1.O=C(/C=C(\[O-])c1ccccc1)c1ccccc1.O=C(/C=C(\[O-])c1ccccc1)c1ccccc1.O=C(/C=C(\[O-])c1ccccc1)c1ccccc1.O=C(/C=C(\[O-])c1ccccc1)c1ccccc1.[Eu+3].[Eu+3]. The van der Waals surface area contributed by atoms with Crippen LogP contribution in [0.1, 0.15) is 137 Å². The van der Waals surface area contributed by atoms with E-state index in [1.165, 1.54) is 0 Å². The van der Waals surface area contributed by atoms with Gasteiger partial charge in [0.1, 0.15) is 11.4 Å². The van der Waals surface area contributed by atoms with E-state index in [1.54, 1.807) is 304 Å². The van der Waals surface area contributed by atoms with Crippen LogP contribution in [0.25, 0.3) is 57.3 Å². The predicted molar refractivity (Wildman–Crippen MR) is 508 cm³/mol. The zero-order valence-electron chi connectivity index (χ0n) is 74.1. The van der Waals surface area contributed by atoms with Gasteiger partial charge in [-0.1, -0.05) is 421 Å². The number of benzene rings is 12. The van der Waals surface area contributed by atoms with Gasteiger partial charge < -0.3 is 30.6 Å². The van der Waals surface area contributed by atoms with Gasteiger partial charge in [0.25, 0.3) is 0 Å². The molecule has 0 saturated carbocycles. The molecule has 0 fully saturated rings. The average molecular weight is 2050 g/mol. The molecule has 668 valence electrons. The van der Waals surface area contributed by atoms with E-state index >= 15 is 0 Å². The Morgan fingerprint density at radius 2 is 0.351 bits per heavy atom. The minimum atomic E-state index is -0.264. The third-order valence-electron chi connectivity index (χ3n) is 18.5. The normalized spacial score (nSPS) is 11.1. The minimum absolute atomic E-state index is 0. The fraction of sp³-hybridized carbons (Fsp3) is 0.0714. The summed E-state index contributed by atoms with van der Waals surface area (Å²) in [7, 11) is 0. The van der Waals surface area contributed by atoms with Crippen molar-refractivity contribution in [3.8, 4) is 22.8 Å². The van der Waals surface area contributed by atoms with Crippen LogP contribution in [0.15, 0.2) is 462 Å². The van der Waals surface area contributed by atoms with E-state index in [4.69, 9.17) is 0 Å². The minimum Gasteiger partial charge on any atom is -0.872 e. The van der Waals surface area contributed by atoms with Crippen molar-refractivity contribution in [3.05, 3.63) is 528 Å². The summed E-state index contributed by atoms with van der Waals surface area (Å²) in [5.41, 5.74) is 9.54. The molecular weight excluding hydrogens is 1950 g/mol. The molecule has 0 aliphatic heterocycles. The monoisotopic (exact) mass is 2050 g/mol. The quantitative estimate of drug-likeness (QED) is 0.0389. The number of carbonyl (C=O) groups is 6. The third kappa shape index (κ3) is 37.1. The zero-order chi connectivity index (χ0) is 94.3. The summed E-state index contributed by atoms with van der Waals surface area (Å²) >= 11 is 0. The molecule has 0 atom stereocenters. The first-order chi connectivity index (χ1) is 63.8. The Hall–Kier alpha value is -14.4. The smallest absolute Gasteiger partial charge is 0.872 e. The molecule has 0 N–H and O–H groups in total. The van der Waals surface area contributed by atoms with Crippen LogP contribution >= 0.6 is 0 Å². The molecule has 16 rings (SSSR count). The molecule has 0 amide bonds. The molecule has 0 bridgehead atoms. The van der Waals surface area contributed by atoms with Crippen molar-refractivity contribution in [1.29, 1.82) is 0 Å². The van der Waals surface area contributed by atoms with Crippen molar-refractivity contribution in [3.63, 3.8) is 0 Å². The van der Waals surface area contributed by atoms with Gasteiger partial charge >= 0.3 is 98.8 Å². The van der Waals surface area contributed by atoms with Gasteiger partial charge in [-0.3, -0.25) is 38.7 Å². The number of allylic oxidation sites excluding steroid dienone is 6. The number of hydrogen-bond acceptors (Lipinski definition) is 18. The molecule has 0 aliphatic rings. The first-order valence-corrected chi connectivity index (χ1v) is 41.7. The van der Waals surface area contributed by atoms with Gasteiger partial charge in [-0.25, -0.2) is 9.36 Å². The Morgan fingerprint density at radius 1 is 0.209 bits per heavy atom. The molecule has 22 heteroatoms. The summed E-state index contributed by atoms with van der Waals surface area (Å²) in [6.45, 7) is 12.5. The van der Waals surface area contributed by atoms with Gasteiger partial charge in [-0.05, 0) is 136 Å². The number of hydrogen-bond donors (Lipinski definition) is 0. The van der Waals surface area contributed by atoms with Crippen molar-refractivity contribution >= 4 is 69.3 Å². The maximum atomic E-state index is 11.8. The largest absolute Gasteiger partial charge is 3.00 e. The van der Waals surface area contributed by atoms with Gasteiger partial charge in [0.15, 0.2) is 34.7 Å². The molecule has 4 heterocycles. The number of ketones is 6. The third-order valence-corrected chi connectivity index (χ3v) is 18.5. The van der Waals surface area contributed by atoms with Crippen LogP contribution < -0.4 is 30.6 Å². The summed E-state index contributed by atoms with van der Waals surface area (Å²) in [6.07, 6.45) is 14.1. The van der Waals surface area contributed by atoms with E-state index in [1.807, 2.05) is 131 Å². The topological polar surface area (TPSA) is 328 Å². The maximum absolute atomic E-state index is 11.8. The molecule has 12 aromatic carbocycles. The Labute approximate surface area is 862 Å². The van der Waals surface area contributed by atoms with Crippen LogP contribution in [-0.4, -0.2) is 74.7 Å². The molecule has 20 nitrogen and oxygen atoms in total. The standard InChI is InChI=1S/6C15H12O2.2C11H14N4.2Eu/c6*16-14(12-7-3-1-4-8-12)11-15(17)13-9-5-2-6-10-13;2*1-11(2,3)15-8-10(13-14-15)9-6-4-5-7-12-9;;/h6*1-11,16H;2*4-8H,1-3H3;;/q;;;;;;;;2*+3/p-6/b6*14-11-;;;;. The molecule has 16 aromatic rings. The van der Waals surface area contributed by atoms with E-state index in [9.17, 15) is 59.4 Å². The first-order valence-electron chi connectivity index (χ1n) is 41.7. The summed E-state index contributed by atoms with van der Waals surface area (Å²) < 4.78 is 3.69. The van der Waals surface area contributed by atoms with Crippen LogP contribution in [0.4, 0.5) is 0 Å². The fourth-order valence-corrected chi connectivity index (χ4v) is 11.4. The summed E-state index contributed by atoms with van der Waals surface area (Å²) in [5.74, 6) is -3.17. The van der Waals surface area contributed by atoms with E-state index in [2.05, 4.69) is 72.1 Å². The van der Waals surface area contributed by atoms with Crippen LogP contribution in [0, 0.1) is 98.8 Å². The summed E-state index contributed by atoms with van der Waals surface area (Å²) in [6, 6.07) is 117. The molecular formula is C112H94Eu2N8O12. The van der Waals surface area contributed by atoms with E-state index < -0.39 is 0 Å². The maximum Gasteiger partial charge on any atom is 3.00 e. The van der Waals surface area contributed by atoms with Crippen molar-refractivity contribution < 1.29 is 158 Å². The Kier molecular flexibility index (Phi) is 45.4. The van der Waals surface area contributed by atoms with Gasteiger partial charge in [0, 0.05) is 45.8 Å². The second kappa shape index (κ2) is 57.1. The average Bonchev–Trinajstić information content (AvgIpc) is 1.70. The molecule has 134 heavy (non-hydrogen) atoms. The fourth-order valence-electron chi connectivity index (χ4n) is 11.4. The zero-order valence-corrected chi connectivity index (χ0v) is 79.0.